The molecule has 0 amide bonds. The normalized spacial score (nSPS) is 22.6. The van der Waals surface area contributed by atoms with Gasteiger partial charge in [-0.15, -0.1) is 0 Å². The number of hydrogen-bond donors (Lipinski definition) is 0. The third-order valence-electron chi connectivity index (χ3n) is 7.23. The van der Waals surface area contributed by atoms with E-state index in [-0.39, 0.29) is 0 Å². The first-order valence-corrected chi connectivity index (χ1v) is 11.3. The molecule has 0 bridgehead atoms. The van der Waals surface area contributed by atoms with Crippen molar-refractivity contribution in [1.29, 1.82) is 0 Å². The number of piperazine rings is 1. The molecule has 1 saturated carbocycles. The Morgan fingerprint density at radius 1 is 0.963 bits per heavy atom. The first-order valence-electron chi connectivity index (χ1n) is 11.3. The van der Waals surface area contributed by atoms with E-state index in [4.69, 9.17) is 4.98 Å². The van der Waals surface area contributed by atoms with Crippen molar-refractivity contribution in [3.8, 4) is 0 Å². The van der Waals surface area contributed by atoms with Crippen LogP contribution < -0.4 is 4.90 Å². The van der Waals surface area contributed by atoms with Crippen molar-refractivity contribution in [2.45, 2.75) is 64.8 Å². The molecule has 1 saturated heterocycles. The highest BCUT2D eigenvalue weighted by molar-refractivity contribution is 5.49. The zero-order valence-corrected chi connectivity index (χ0v) is 17.4. The molecule has 3 aliphatic rings. The van der Waals surface area contributed by atoms with Crippen LogP contribution in [-0.4, -0.2) is 71.6 Å². The Kier molecular flexibility index (Phi) is 6.28. The van der Waals surface area contributed by atoms with Crippen LogP contribution in [0.4, 0.5) is 5.82 Å². The fraction of sp³-hybridized carbons (Fsp3) is 0.818. The van der Waals surface area contributed by atoms with Crippen molar-refractivity contribution in [2.24, 2.45) is 5.92 Å². The van der Waals surface area contributed by atoms with Crippen LogP contribution in [0.5, 0.6) is 0 Å². The number of hydrogen-bond acceptors (Lipinski definition) is 5. The summed E-state index contributed by atoms with van der Waals surface area (Å²) < 4.78 is 0. The average Bonchev–Trinajstić information content (AvgIpc) is 2.88. The lowest BCUT2D eigenvalue weighted by Gasteiger charge is -2.43. The summed E-state index contributed by atoms with van der Waals surface area (Å²) in [6.45, 7) is 12.8. The topological polar surface area (TPSA) is 35.5 Å². The van der Waals surface area contributed by atoms with Crippen LogP contribution in [0.3, 0.4) is 0 Å². The summed E-state index contributed by atoms with van der Waals surface area (Å²) in [4.78, 5) is 17.3. The Morgan fingerprint density at radius 2 is 1.70 bits per heavy atom. The van der Waals surface area contributed by atoms with Crippen LogP contribution in [-0.2, 0) is 12.8 Å². The van der Waals surface area contributed by atoms with Gasteiger partial charge in [0.25, 0.3) is 0 Å². The summed E-state index contributed by atoms with van der Waals surface area (Å²) in [5, 5.41) is 0. The molecule has 5 nitrogen and oxygen atoms in total. The van der Waals surface area contributed by atoms with E-state index >= 15 is 0 Å². The highest BCUT2D eigenvalue weighted by atomic mass is 15.3. The standard InChI is InChI=1S/C22H37N5/c1-3-18(4-2)16-25-10-8-20-21(9-11-25)23-17-24-22(20)27-14-12-26(13-15-27)19-6-5-7-19/h17-19H,3-16H2,1-2H3. The SMILES string of the molecule is CCC(CC)CN1CCc2ncnc(N3CCN(C4CCC4)CC3)c2CC1. The second kappa shape index (κ2) is 8.87. The first-order chi connectivity index (χ1) is 13.3. The second-order valence-corrected chi connectivity index (χ2v) is 8.71. The van der Waals surface area contributed by atoms with E-state index in [2.05, 4.69) is 33.5 Å². The minimum absolute atomic E-state index is 0.830. The van der Waals surface area contributed by atoms with Gasteiger partial charge in [0.1, 0.15) is 12.1 Å². The Balaban J connectivity index is 1.41. The van der Waals surface area contributed by atoms with Crippen molar-refractivity contribution < 1.29 is 0 Å². The van der Waals surface area contributed by atoms with Crippen molar-refractivity contribution in [2.75, 3.05) is 50.7 Å². The van der Waals surface area contributed by atoms with Gasteiger partial charge in [0.15, 0.2) is 0 Å². The van der Waals surface area contributed by atoms with Gasteiger partial charge in [-0.25, -0.2) is 9.97 Å². The van der Waals surface area contributed by atoms with Gasteiger partial charge in [-0.1, -0.05) is 33.1 Å². The van der Waals surface area contributed by atoms with Gasteiger partial charge in [-0.3, -0.25) is 4.90 Å². The maximum Gasteiger partial charge on any atom is 0.135 e. The summed E-state index contributed by atoms with van der Waals surface area (Å²) in [6, 6.07) is 0.869. The number of aromatic nitrogens is 2. The fourth-order valence-corrected chi connectivity index (χ4v) is 4.97. The van der Waals surface area contributed by atoms with Crippen molar-refractivity contribution in [1.82, 2.24) is 19.8 Å². The van der Waals surface area contributed by atoms with Gasteiger partial charge in [-0.05, 0) is 25.2 Å². The van der Waals surface area contributed by atoms with Crippen LogP contribution in [0.25, 0.3) is 0 Å². The third kappa shape index (κ3) is 4.29. The maximum absolute atomic E-state index is 4.76. The summed E-state index contributed by atoms with van der Waals surface area (Å²) in [6.07, 6.45) is 10.8. The summed E-state index contributed by atoms with van der Waals surface area (Å²) in [7, 11) is 0. The Hall–Kier alpha value is -1.20. The minimum Gasteiger partial charge on any atom is -0.354 e. The lowest BCUT2D eigenvalue weighted by atomic mass is 9.91. The molecule has 0 unspecified atom stereocenters. The molecule has 1 aromatic heterocycles. The lowest BCUT2D eigenvalue weighted by molar-refractivity contribution is 0.120. The van der Waals surface area contributed by atoms with Gasteiger partial charge in [0.2, 0.25) is 0 Å². The molecule has 2 aliphatic heterocycles. The van der Waals surface area contributed by atoms with Crippen molar-refractivity contribution in [3.05, 3.63) is 17.6 Å². The molecule has 0 atom stereocenters. The monoisotopic (exact) mass is 371 g/mol. The molecule has 3 heterocycles. The van der Waals surface area contributed by atoms with E-state index in [1.54, 1.807) is 0 Å². The maximum atomic E-state index is 4.76. The van der Waals surface area contributed by atoms with E-state index in [9.17, 15) is 0 Å². The zero-order valence-electron chi connectivity index (χ0n) is 17.4. The van der Waals surface area contributed by atoms with Crippen LogP contribution >= 0.6 is 0 Å². The first kappa shape index (κ1) is 19.1. The molecule has 0 radical (unpaired) electrons. The summed E-state index contributed by atoms with van der Waals surface area (Å²) >= 11 is 0. The van der Waals surface area contributed by atoms with E-state index in [1.165, 1.54) is 68.8 Å². The molecule has 0 N–H and O–H groups in total. The molecular formula is C22H37N5. The quantitative estimate of drug-likeness (QED) is 0.768. The van der Waals surface area contributed by atoms with Crippen LogP contribution in [0.2, 0.25) is 0 Å². The fourth-order valence-electron chi connectivity index (χ4n) is 4.97. The van der Waals surface area contributed by atoms with Gasteiger partial charge < -0.3 is 9.80 Å². The molecule has 150 valence electrons. The summed E-state index contributed by atoms with van der Waals surface area (Å²) in [5.41, 5.74) is 2.73. The van der Waals surface area contributed by atoms with E-state index in [0.717, 1.165) is 51.0 Å². The van der Waals surface area contributed by atoms with E-state index < -0.39 is 0 Å². The number of nitrogens with zero attached hydrogens (tertiary/aromatic N) is 5. The van der Waals surface area contributed by atoms with Gasteiger partial charge in [0, 0.05) is 63.8 Å². The summed E-state index contributed by atoms with van der Waals surface area (Å²) in [5.74, 6) is 2.06. The Labute approximate surface area is 165 Å². The number of anilines is 1. The molecule has 0 aromatic carbocycles. The predicted molar refractivity (Wildman–Crippen MR) is 111 cm³/mol. The Morgan fingerprint density at radius 3 is 2.37 bits per heavy atom. The largest absolute Gasteiger partial charge is 0.354 e. The average molecular weight is 372 g/mol. The molecule has 5 heteroatoms. The van der Waals surface area contributed by atoms with Gasteiger partial charge in [0.05, 0.1) is 5.69 Å². The number of fused-ring (bicyclic) bond motifs is 1. The molecule has 27 heavy (non-hydrogen) atoms. The Bertz CT molecular complexity index is 603. The second-order valence-electron chi connectivity index (χ2n) is 8.71. The van der Waals surface area contributed by atoms with Crippen molar-refractivity contribution >= 4 is 5.82 Å². The third-order valence-corrected chi connectivity index (χ3v) is 7.23. The highest BCUT2D eigenvalue weighted by Crippen LogP contribution is 2.29. The van der Waals surface area contributed by atoms with Crippen LogP contribution in [0.15, 0.2) is 6.33 Å². The molecule has 1 aliphatic carbocycles. The lowest BCUT2D eigenvalue weighted by Crippen LogP contribution is -2.52. The van der Waals surface area contributed by atoms with Crippen LogP contribution in [0.1, 0.15) is 57.2 Å². The zero-order chi connectivity index (χ0) is 18.6. The van der Waals surface area contributed by atoms with E-state index in [0.29, 0.717) is 0 Å². The van der Waals surface area contributed by atoms with E-state index in [1.807, 2.05) is 6.33 Å². The molecule has 1 aromatic rings. The van der Waals surface area contributed by atoms with Crippen LogP contribution in [0, 0.1) is 5.92 Å². The highest BCUT2D eigenvalue weighted by Gasteiger charge is 2.30. The molecule has 4 rings (SSSR count). The minimum atomic E-state index is 0.830. The van der Waals surface area contributed by atoms with Crippen molar-refractivity contribution in [3.63, 3.8) is 0 Å². The molecule has 0 spiro atoms. The predicted octanol–water partition coefficient (Wildman–Crippen LogP) is 2.99. The molecular weight excluding hydrogens is 334 g/mol. The molecule has 2 fully saturated rings. The smallest absolute Gasteiger partial charge is 0.135 e. The van der Waals surface area contributed by atoms with Gasteiger partial charge >= 0.3 is 0 Å². The number of rotatable bonds is 6. The van der Waals surface area contributed by atoms with Gasteiger partial charge in [-0.2, -0.15) is 0 Å².